The van der Waals surface area contributed by atoms with Gasteiger partial charge in [-0.1, -0.05) is 6.08 Å². The third-order valence-electron chi connectivity index (χ3n) is 2.67. The molecule has 11 heteroatoms. The van der Waals surface area contributed by atoms with E-state index in [1.54, 1.807) is 27.8 Å². The number of aryl methyl sites for hydroxylation is 1. The molecule has 0 atom stereocenters. The number of ether oxygens (including phenoxy) is 1. The number of hydrogen-bond acceptors (Lipinski definition) is 7. The van der Waals surface area contributed by atoms with Crippen LogP contribution in [0.1, 0.15) is 31.1 Å². The Kier molecular flexibility index (Phi) is 9.13. The maximum Gasteiger partial charge on any atom is 0.343 e. The zero-order valence-electron chi connectivity index (χ0n) is 14.8. The summed E-state index contributed by atoms with van der Waals surface area (Å²) in [6.07, 6.45) is 2.84. The molecule has 1 aromatic rings. The molecule has 0 aliphatic carbocycles. The number of rotatable bonds is 6. The molecule has 1 heterocycles. The quantitative estimate of drug-likeness (QED) is 0.410. The molecule has 0 bridgehead atoms. The first-order valence-corrected chi connectivity index (χ1v) is 9.38. The van der Waals surface area contributed by atoms with Gasteiger partial charge in [-0.2, -0.15) is 5.10 Å². The van der Waals surface area contributed by atoms with Gasteiger partial charge in [0.15, 0.2) is 10.9 Å². The maximum atomic E-state index is 11.5. The number of nitrogens with zero attached hydrogens (tertiary/aromatic N) is 3. The van der Waals surface area contributed by atoms with E-state index in [2.05, 4.69) is 23.9 Å². The molecule has 0 spiro atoms. The smallest absolute Gasteiger partial charge is 0.343 e. The second-order valence-electron chi connectivity index (χ2n) is 5.12. The number of anilines is 1. The van der Waals surface area contributed by atoms with Gasteiger partial charge < -0.3 is 16.2 Å². The molecule has 4 N–H and O–H groups in total. The Morgan fingerprint density at radius 2 is 2.12 bits per heavy atom. The van der Waals surface area contributed by atoms with Crippen LogP contribution in [0.3, 0.4) is 0 Å². The van der Waals surface area contributed by atoms with E-state index in [9.17, 15) is 13.2 Å². The summed E-state index contributed by atoms with van der Waals surface area (Å²) in [5, 5.41) is 3.68. The summed E-state index contributed by atoms with van der Waals surface area (Å²) in [6, 6.07) is -0.262. The maximum absolute atomic E-state index is 11.5. The molecule has 1 aromatic heterocycles. The van der Waals surface area contributed by atoms with Gasteiger partial charge in [-0.3, -0.25) is 4.68 Å². The van der Waals surface area contributed by atoms with Crippen molar-refractivity contribution in [1.82, 2.24) is 14.1 Å². The van der Waals surface area contributed by atoms with Gasteiger partial charge in [-0.25, -0.2) is 17.5 Å². The second kappa shape index (κ2) is 9.99. The van der Waals surface area contributed by atoms with Crippen LogP contribution in [0.15, 0.2) is 18.9 Å². The van der Waals surface area contributed by atoms with Crippen molar-refractivity contribution >= 4 is 39.1 Å². The van der Waals surface area contributed by atoms with Crippen LogP contribution in [0.25, 0.3) is 0 Å². The number of nitrogen functional groups attached to an aromatic ring is 1. The third kappa shape index (κ3) is 7.10. The van der Waals surface area contributed by atoms with Crippen molar-refractivity contribution in [3.63, 3.8) is 0 Å². The second-order valence-corrected chi connectivity index (χ2v) is 7.43. The molecule has 25 heavy (non-hydrogen) atoms. The van der Waals surface area contributed by atoms with Crippen LogP contribution in [-0.4, -0.2) is 52.0 Å². The molecule has 1 rings (SSSR count). The SMILES string of the molecule is C=CCS(=O)(=O)N(C(N)=S)C(C)C.CCOC(=O)c1cn(C)nc1N. The van der Waals surface area contributed by atoms with Gasteiger partial charge in [-0.05, 0) is 33.0 Å². The molecular weight excluding hydrogens is 366 g/mol. The van der Waals surface area contributed by atoms with Crippen LogP contribution in [0.5, 0.6) is 0 Å². The van der Waals surface area contributed by atoms with Gasteiger partial charge in [-0.15, -0.1) is 6.58 Å². The van der Waals surface area contributed by atoms with Gasteiger partial charge in [0.25, 0.3) is 0 Å². The van der Waals surface area contributed by atoms with Gasteiger partial charge in [0, 0.05) is 19.3 Å². The first-order valence-electron chi connectivity index (χ1n) is 7.36. The molecule has 0 aromatic carbocycles. The first kappa shape index (κ1) is 22.9. The van der Waals surface area contributed by atoms with Crippen molar-refractivity contribution < 1.29 is 17.9 Å². The van der Waals surface area contributed by atoms with Crippen molar-refractivity contribution in [3.05, 3.63) is 24.4 Å². The molecule has 0 saturated heterocycles. The molecule has 0 saturated carbocycles. The Bertz CT molecular complexity index is 713. The fraction of sp³-hybridized carbons (Fsp3) is 0.500. The Morgan fingerprint density at radius 3 is 2.44 bits per heavy atom. The molecular formula is C14H25N5O4S2. The van der Waals surface area contributed by atoms with Crippen LogP contribution < -0.4 is 11.5 Å². The zero-order valence-corrected chi connectivity index (χ0v) is 16.4. The zero-order chi connectivity index (χ0) is 19.8. The Labute approximate surface area is 153 Å². The van der Waals surface area contributed by atoms with E-state index in [1.165, 1.54) is 17.0 Å². The highest BCUT2D eigenvalue weighted by Crippen LogP contribution is 2.09. The van der Waals surface area contributed by atoms with Crippen LogP contribution >= 0.6 is 12.2 Å². The van der Waals surface area contributed by atoms with Gasteiger partial charge in [0.1, 0.15) is 5.56 Å². The van der Waals surface area contributed by atoms with Crippen molar-refractivity contribution in [3.8, 4) is 0 Å². The minimum absolute atomic E-state index is 0.128. The van der Waals surface area contributed by atoms with Crippen LogP contribution in [-0.2, 0) is 21.8 Å². The summed E-state index contributed by atoms with van der Waals surface area (Å²) in [6.45, 7) is 8.85. The lowest BCUT2D eigenvalue weighted by molar-refractivity contribution is 0.0527. The monoisotopic (exact) mass is 391 g/mol. The van der Waals surface area contributed by atoms with E-state index in [4.69, 9.17) is 16.2 Å². The number of carbonyl (C=O) groups is 1. The van der Waals surface area contributed by atoms with Crippen molar-refractivity contribution in [2.75, 3.05) is 18.1 Å². The van der Waals surface area contributed by atoms with E-state index < -0.39 is 16.0 Å². The van der Waals surface area contributed by atoms with E-state index in [0.29, 0.717) is 12.2 Å². The number of aromatic nitrogens is 2. The predicted molar refractivity (Wildman–Crippen MR) is 101 cm³/mol. The topological polar surface area (TPSA) is 134 Å². The third-order valence-corrected chi connectivity index (χ3v) is 4.85. The summed E-state index contributed by atoms with van der Waals surface area (Å²) in [5.74, 6) is -0.373. The number of thiocarbonyl (C=S) groups is 1. The molecule has 0 amide bonds. The highest BCUT2D eigenvalue weighted by Gasteiger charge is 2.24. The van der Waals surface area contributed by atoms with E-state index in [-0.39, 0.29) is 22.7 Å². The lowest BCUT2D eigenvalue weighted by Gasteiger charge is -2.25. The molecule has 0 aliphatic heterocycles. The Morgan fingerprint density at radius 1 is 1.56 bits per heavy atom. The van der Waals surface area contributed by atoms with Crippen molar-refractivity contribution in [2.24, 2.45) is 12.8 Å². The average Bonchev–Trinajstić information content (AvgIpc) is 2.77. The summed E-state index contributed by atoms with van der Waals surface area (Å²) in [4.78, 5) is 11.1. The fourth-order valence-electron chi connectivity index (χ4n) is 1.81. The Hall–Kier alpha value is -2.14. The summed E-state index contributed by atoms with van der Waals surface area (Å²) in [5.41, 5.74) is 11.1. The molecule has 142 valence electrons. The Balaban J connectivity index is 0.000000462. The lowest BCUT2D eigenvalue weighted by atomic mass is 10.3. The fourth-order valence-corrected chi connectivity index (χ4v) is 3.74. The van der Waals surface area contributed by atoms with Crippen LogP contribution in [0.4, 0.5) is 5.82 Å². The molecule has 0 aliphatic rings. The van der Waals surface area contributed by atoms with E-state index in [0.717, 1.165) is 4.31 Å². The van der Waals surface area contributed by atoms with Gasteiger partial charge in [0.05, 0.1) is 12.4 Å². The molecule has 9 nitrogen and oxygen atoms in total. The first-order chi connectivity index (χ1) is 11.5. The van der Waals surface area contributed by atoms with Crippen LogP contribution in [0, 0.1) is 0 Å². The van der Waals surface area contributed by atoms with E-state index in [1.807, 2.05) is 0 Å². The predicted octanol–water partition coefficient (Wildman–Crippen LogP) is 0.635. The highest BCUT2D eigenvalue weighted by molar-refractivity contribution is 7.91. The summed E-state index contributed by atoms with van der Waals surface area (Å²) >= 11 is 4.65. The van der Waals surface area contributed by atoms with Crippen molar-refractivity contribution in [2.45, 2.75) is 26.8 Å². The number of esters is 1. The van der Waals surface area contributed by atoms with Gasteiger partial charge >= 0.3 is 5.97 Å². The molecule has 0 fully saturated rings. The lowest BCUT2D eigenvalue weighted by Crippen LogP contribution is -2.45. The molecule has 0 radical (unpaired) electrons. The standard InChI is InChI=1S/C7H11N3O2.C7H14N2O2S2/c1-3-12-7(11)5-4-10(2)9-6(5)8;1-4-5-13(10,11)9(6(2)3)7(8)12/h4H,3H2,1-2H3,(H2,8,9);4,6H,1,5H2,2-3H3,(H2,8,12). The highest BCUT2D eigenvalue weighted by atomic mass is 32.2. The summed E-state index contributed by atoms with van der Waals surface area (Å²) in [7, 11) is -1.73. The van der Waals surface area contributed by atoms with Crippen LogP contribution in [0.2, 0.25) is 0 Å². The summed E-state index contributed by atoms with van der Waals surface area (Å²) < 4.78 is 30.2. The minimum atomic E-state index is -3.42. The number of sulfonamides is 1. The van der Waals surface area contributed by atoms with Crippen molar-refractivity contribution in [1.29, 1.82) is 0 Å². The largest absolute Gasteiger partial charge is 0.462 e. The normalized spacial score (nSPS) is 10.6. The number of nitrogens with two attached hydrogens (primary N) is 2. The molecule has 0 unspecified atom stereocenters. The average molecular weight is 392 g/mol. The minimum Gasteiger partial charge on any atom is -0.462 e. The van der Waals surface area contributed by atoms with Gasteiger partial charge in [0.2, 0.25) is 10.0 Å². The van der Waals surface area contributed by atoms with E-state index >= 15 is 0 Å². The number of carbonyl (C=O) groups excluding carboxylic acids is 1. The number of hydrogen-bond donors (Lipinski definition) is 2.